The molecule has 2 heterocycles. The molecule has 1 aliphatic rings. The molecule has 18 heavy (non-hydrogen) atoms. The monoisotopic (exact) mass is 245 g/mol. The minimum absolute atomic E-state index is 0.666. The maximum Gasteiger partial charge on any atom is 0.123 e. The van der Waals surface area contributed by atoms with Crippen LogP contribution in [0.5, 0.6) is 0 Å². The van der Waals surface area contributed by atoms with E-state index >= 15 is 0 Å². The largest absolute Gasteiger partial charge is 0.381 e. The first-order chi connectivity index (χ1) is 8.84. The molecule has 0 aliphatic carbocycles. The molecule has 1 saturated heterocycles. The van der Waals surface area contributed by atoms with Crippen molar-refractivity contribution in [1.29, 1.82) is 0 Å². The molecule has 0 spiro atoms. The van der Waals surface area contributed by atoms with Gasteiger partial charge in [-0.3, -0.25) is 0 Å². The molecule has 1 N–H and O–H groups in total. The molecule has 2 aromatic rings. The Hall–Kier alpha value is -1.39. The van der Waals surface area contributed by atoms with Crippen LogP contribution in [0.3, 0.4) is 0 Å². The van der Waals surface area contributed by atoms with Gasteiger partial charge in [-0.05, 0) is 24.5 Å². The summed E-state index contributed by atoms with van der Waals surface area (Å²) in [7, 11) is 2.07. The number of hydrogen-bond donors (Lipinski definition) is 1. The summed E-state index contributed by atoms with van der Waals surface area (Å²) >= 11 is 0. The summed E-state index contributed by atoms with van der Waals surface area (Å²) in [5.74, 6) is 1.76. The van der Waals surface area contributed by atoms with Crippen LogP contribution < -0.4 is 5.32 Å². The maximum atomic E-state index is 5.37. The third kappa shape index (κ3) is 2.26. The first kappa shape index (κ1) is 11.7. The number of imidazole rings is 1. The summed E-state index contributed by atoms with van der Waals surface area (Å²) in [5.41, 5.74) is 2.26. The molecule has 1 aliphatic heterocycles. The van der Waals surface area contributed by atoms with E-state index in [1.54, 1.807) is 0 Å². The van der Waals surface area contributed by atoms with Gasteiger partial charge < -0.3 is 14.6 Å². The average Bonchev–Trinajstić information content (AvgIpc) is 3.00. The lowest BCUT2D eigenvalue weighted by molar-refractivity contribution is 0.185. The van der Waals surface area contributed by atoms with E-state index in [1.807, 2.05) is 6.07 Å². The minimum atomic E-state index is 0.666. The first-order valence-corrected chi connectivity index (χ1v) is 6.53. The fraction of sp³-hybridized carbons (Fsp3) is 0.500. The predicted octanol–water partition coefficient (Wildman–Crippen LogP) is 1.70. The lowest BCUT2D eigenvalue weighted by Crippen LogP contribution is -2.24. The van der Waals surface area contributed by atoms with Crippen LogP contribution >= 0.6 is 0 Å². The van der Waals surface area contributed by atoms with Crippen molar-refractivity contribution >= 4 is 11.0 Å². The van der Waals surface area contributed by atoms with Crippen LogP contribution in [0.1, 0.15) is 12.2 Å². The lowest BCUT2D eigenvalue weighted by atomic mass is 10.1. The van der Waals surface area contributed by atoms with Crippen molar-refractivity contribution in [2.24, 2.45) is 13.0 Å². The molecule has 0 radical (unpaired) electrons. The van der Waals surface area contributed by atoms with Crippen molar-refractivity contribution in [3.63, 3.8) is 0 Å². The Morgan fingerprint density at radius 1 is 1.44 bits per heavy atom. The van der Waals surface area contributed by atoms with Crippen LogP contribution in [-0.2, 0) is 18.3 Å². The second-order valence-corrected chi connectivity index (χ2v) is 4.94. The smallest absolute Gasteiger partial charge is 0.123 e. The van der Waals surface area contributed by atoms with Crippen LogP contribution in [0.2, 0.25) is 0 Å². The number of aromatic nitrogens is 2. The standard InChI is InChI=1S/C14H19N3O/c1-17-13-5-3-2-4-12(13)16-14(17)9-15-8-11-6-7-18-10-11/h2-5,11,15H,6-10H2,1H3. The van der Waals surface area contributed by atoms with E-state index < -0.39 is 0 Å². The Bertz CT molecular complexity index is 529. The third-order valence-electron chi connectivity index (χ3n) is 3.62. The van der Waals surface area contributed by atoms with Crippen molar-refractivity contribution in [2.75, 3.05) is 19.8 Å². The quantitative estimate of drug-likeness (QED) is 0.891. The van der Waals surface area contributed by atoms with Crippen LogP contribution in [-0.4, -0.2) is 29.3 Å². The van der Waals surface area contributed by atoms with Crippen LogP contribution in [0.4, 0.5) is 0 Å². The number of aryl methyl sites for hydroxylation is 1. The molecule has 4 heteroatoms. The van der Waals surface area contributed by atoms with Gasteiger partial charge >= 0.3 is 0 Å². The minimum Gasteiger partial charge on any atom is -0.381 e. The number of ether oxygens (including phenoxy) is 1. The molecule has 0 saturated carbocycles. The number of rotatable bonds is 4. The molecule has 3 rings (SSSR count). The van der Waals surface area contributed by atoms with Crippen molar-refractivity contribution in [3.05, 3.63) is 30.1 Å². The summed E-state index contributed by atoms with van der Waals surface area (Å²) in [5, 5.41) is 3.48. The molecule has 1 unspecified atom stereocenters. The molecule has 1 aromatic heterocycles. The van der Waals surface area contributed by atoms with Gasteiger partial charge in [-0.2, -0.15) is 0 Å². The number of hydrogen-bond acceptors (Lipinski definition) is 3. The fourth-order valence-corrected chi connectivity index (χ4v) is 2.49. The van der Waals surface area contributed by atoms with E-state index in [9.17, 15) is 0 Å². The zero-order valence-electron chi connectivity index (χ0n) is 10.7. The van der Waals surface area contributed by atoms with E-state index in [4.69, 9.17) is 4.74 Å². The van der Waals surface area contributed by atoms with E-state index in [0.29, 0.717) is 5.92 Å². The van der Waals surface area contributed by atoms with Gasteiger partial charge in [-0.1, -0.05) is 12.1 Å². The second-order valence-electron chi connectivity index (χ2n) is 4.94. The Morgan fingerprint density at radius 2 is 2.33 bits per heavy atom. The normalized spacial score (nSPS) is 19.7. The summed E-state index contributed by atoms with van der Waals surface area (Å²) in [6.07, 6.45) is 1.18. The Balaban J connectivity index is 1.65. The first-order valence-electron chi connectivity index (χ1n) is 6.53. The van der Waals surface area contributed by atoms with E-state index in [-0.39, 0.29) is 0 Å². The second kappa shape index (κ2) is 5.08. The van der Waals surface area contributed by atoms with Gasteiger partial charge in [0.2, 0.25) is 0 Å². The van der Waals surface area contributed by atoms with Gasteiger partial charge in [0.15, 0.2) is 0 Å². The average molecular weight is 245 g/mol. The molecule has 4 nitrogen and oxygen atoms in total. The lowest BCUT2D eigenvalue weighted by Gasteiger charge is -2.09. The Kier molecular flexibility index (Phi) is 3.30. The van der Waals surface area contributed by atoms with Gasteiger partial charge in [-0.25, -0.2) is 4.98 Å². The van der Waals surface area contributed by atoms with Gasteiger partial charge in [0, 0.05) is 20.2 Å². The highest BCUT2D eigenvalue weighted by atomic mass is 16.5. The van der Waals surface area contributed by atoms with E-state index in [2.05, 4.69) is 40.1 Å². The maximum absolute atomic E-state index is 5.37. The number of para-hydroxylation sites is 2. The SMILES string of the molecule is Cn1c(CNCC2CCOC2)nc2ccccc21. The van der Waals surface area contributed by atoms with E-state index in [0.717, 1.165) is 37.6 Å². The van der Waals surface area contributed by atoms with Crippen molar-refractivity contribution in [1.82, 2.24) is 14.9 Å². The van der Waals surface area contributed by atoms with Gasteiger partial charge in [0.25, 0.3) is 0 Å². The zero-order chi connectivity index (χ0) is 12.4. The summed E-state index contributed by atoms with van der Waals surface area (Å²) < 4.78 is 7.53. The highest BCUT2D eigenvalue weighted by Crippen LogP contribution is 2.14. The zero-order valence-corrected chi connectivity index (χ0v) is 10.7. The molecule has 1 fully saturated rings. The summed E-state index contributed by atoms with van der Waals surface area (Å²) in [6.45, 7) is 3.65. The van der Waals surface area contributed by atoms with Crippen molar-refractivity contribution < 1.29 is 4.74 Å². The molecule has 0 bridgehead atoms. The Labute approximate surface area is 107 Å². The number of benzene rings is 1. The molecule has 1 aromatic carbocycles. The Morgan fingerprint density at radius 3 is 3.11 bits per heavy atom. The summed E-state index contributed by atoms with van der Waals surface area (Å²) in [4.78, 5) is 4.65. The molecule has 1 atom stereocenters. The predicted molar refractivity (Wildman–Crippen MR) is 71.3 cm³/mol. The number of nitrogens with one attached hydrogen (secondary N) is 1. The fourth-order valence-electron chi connectivity index (χ4n) is 2.49. The molecular formula is C14H19N3O. The number of nitrogens with zero attached hydrogens (tertiary/aromatic N) is 2. The van der Waals surface area contributed by atoms with Gasteiger partial charge in [0.05, 0.1) is 24.2 Å². The van der Waals surface area contributed by atoms with Crippen LogP contribution in [0.25, 0.3) is 11.0 Å². The topological polar surface area (TPSA) is 39.1 Å². The molecule has 0 amide bonds. The molecular weight excluding hydrogens is 226 g/mol. The van der Waals surface area contributed by atoms with Crippen LogP contribution in [0, 0.1) is 5.92 Å². The number of fused-ring (bicyclic) bond motifs is 1. The van der Waals surface area contributed by atoms with Crippen molar-refractivity contribution in [3.8, 4) is 0 Å². The van der Waals surface area contributed by atoms with Crippen LogP contribution in [0.15, 0.2) is 24.3 Å². The highest BCUT2D eigenvalue weighted by Gasteiger charge is 2.15. The third-order valence-corrected chi connectivity index (χ3v) is 3.62. The highest BCUT2D eigenvalue weighted by molar-refractivity contribution is 5.75. The van der Waals surface area contributed by atoms with Gasteiger partial charge in [-0.15, -0.1) is 0 Å². The van der Waals surface area contributed by atoms with E-state index in [1.165, 1.54) is 11.9 Å². The van der Waals surface area contributed by atoms with Gasteiger partial charge in [0.1, 0.15) is 5.82 Å². The molecule has 96 valence electrons. The summed E-state index contributed by atoms with van der Waals surface area (Å²) in [6, 6.07) is 8.25. The van der Waals surface area contributed by atoms with Crippen molar-refractivity contribution in [2.45, 2.75) is 13.0 Å².